The predicted octanol–water partition coefficient (Wildman–Crippen LogP) is 2.64. The van der Waals surface area contributed by atoms with Crippen molar-refractivity contribution in [1.29, 1.82) is 0 Å². The van der Waals surface area contributed by atoms with E-state index in [1.165, 1.54) is 4.90 Å². The molecular formula is C17H17N2O4S2-. The molecule has 0 bridgehead atoms. The second-order valence-corrected chi connectivity index (χ2v) is 6.02. The maximum Gasteiger partial charge on any atom is 0.326 e. The highest BCUT2D eigenvalue weighted by Crippen LogP contribution is 2.21. The number of ether oxygens (including phenoxy) is 1. The summed E-state index contributed by atoms with van der Waals surface area (Å²) in [5.41, 5.74) is 0.970. The van der Waals surface area contributed by atoms with Gasteiger partial charge >= 0.3 is 5.97 Å². The Kier molecular flexibility index (Phi) is 7.05. The smallest absolute Gasteiger partial charge is 0.326 e. The first-order valence-corrected chi connectivity index (χ1v) is 8.95. The van der Waals surface area contributed by atoms with Gasteiger partial charge in [0, 0.05) is 5.69 Å². The molecule has 132 valence electrons. The van der Waals surface area contributed by atoms with Crippen molar-refractivity contribution in [2.75, 3.05) is 22.4 Å². The molecule has 2 rings (SSSR count). The van der Waals surface area contributed by atoms with Crippen molar-refractivity contribution in [3.8, 4) is 0 Å². The lowest BCUT2D eigenvalue weighted by Gasteiger charge is -2.33. The molecule has 0 aliphatic heterocycles. The number of carbonyl (C=O) groups excluding carboxylic acids is 1. The zero-order valence-electron chi connectivity index (χ0n) is 13.5. The summed E-state index contributed by atoms with van der Waals surface area (Å²) >= 11 is 2.74. The number of benzene rings is 2. The normalized spacial score (nSPS) is 11.4. The summed E-state index contributed by atoms with van der Waals surface area (Å²) in [6.07, 6.45) is 0. The minimum Gasteiger partial charge on any atom is -0.755 e. The average molecular weight is 377 g/mol. The van der Waals surface area contributed by atoms with Gasteiger partial charge in [-0.15, -0.1) is 0 Å². The van der Waals surface area contributed by atoms with E-state index in [1.807, 2.05) is 6.07 Å². The fourth-order valence-electron chi connectivity index (χ4n) is 2.15. The number of anilines is 2. The minimum absolute atomic E-state index is 0.0428. The Bertz CT molecular complexity index is 741. The molecule has 2 aromatic rings. The van der Waals surface area contributed by atoms with Crippen LogP contribution in [0.2, 0.25) is 0 Å². The molecule has 6 nitrogen and oxygen atoms in total. The summed E-state index contributed by atoms with van der Waals surface area (Å²) in [6, 6.07) is 17.3. The lowest BCUT2D eigenvalue weighted by molar-refractivity contribution is -0.141. The van der Waals surface area contributed by atoms with E-state index in [0.717, 1.165) is 4.31 Å². The van der Waals surface area contributed by atoms with Gasteiger partial charge in [0.1, 0.15) is 6.54 Å². The van der Waals surface area contributed by atoms with E-state index >= 15 is 0 Å². The molecule has 0 amide bonds. The number of para-hydroxylation sites is 2. The fraction of sp³-hybridized carbons (Fsp3) is 0.176. The zero-order valence-corrected chi connectivity index (χ0v) is 15.2. The molecule has 0 saturated heterocycles. The number of esters is 1. The molecule has 8 heteroatoms. The van der Waals surface area contributed by atoms with Crippen LogP contribution in [0.25, 0.3) is 0 Å². The molecule has 0 aliphatic rings. The Hall–Kier alpha value is -2.29. The molecule has 2 aromatic carbocycles. The third-order valence-corrected chi connectivity index (χ3v) is 4.41. The molecule has 0 fully saturated rings. The highest BCUT2D eigenvalue weighted by molar-refractivity contribution is 7.87. The van der Waals surface area contributed by atoms with E-state index in [-0.39, 0.29) is 18.3 Å². The summed E-state index contributed by atoms with van der Waals surface area (Å²) in [4.78, 5) is 13.4. The van der Waals surface area contributed by atoms with Gasteiger partial charge in [0.25, 0.3) is 0 Å². The fourth-order valence-corrected chi connectivity index (χ4v) is 3.12. The summed E-state index contributed by atoms with van der Waals surface area (Å²) in [5, 5.41) is -0.0428. The third kappa shape index (κ3) is 5.09. The third-order valence-electron chi connectivity index (χ3n) is 3.20. The van der Waals surface area contributed by atoms with Crippen molar-refractivity contribution in [1.82, 2.24) is 0 Å². The molecule has 0 saturated carbocycles. The van der Waals surface area contributed by atoms with Gasteiger partial charge in [-0.25, -0.2) is 4.31 Å². The Morgan fingerprint density at radius 3 is 2.08 bits per heavy atom. The van der Waals surface area contributed by atoms with E-state index in [1.54, 1.807) is 61.5 Å². The average Bonchev–Trinajstić information content (AvgIpc) is 2.61. The van der Waals surface area contributed by atoms with Crippen LogP contribution in [0.15, 0.2) is 60.7 Å². The summed E-state index contributed by atoms with van der Waals surface area (Å²) in [5.74, 6) is -0.501. The standard InChI is InChI=1S/C17H18N2O4S2/c1-2-23-16(20)13-18(14-9-5-3-6-10-14)17(24)19(25(21)22)15-11-7-4-8-12-15/h3-12H,2,13H2,1H3,(H,21,22)/p-1. The van der Waals surface area contributed by atoms with Crippen LogP contribution in [0.1, 0.15) is 6.92 Å². The van der Waals surface area contributed by atoms with Crippen LogP contribution in [0.4, 0.5) is 11.4 Å². The highest BCUT2D eigenvalue weighted by Gasteiger charge is 2.23. The van der Waals surface area contributed by atoms with Crippen molar-refractivity contribution in [3.63, 3.8) is 0 Å². The first-order chi connectivity index (χ1) is 12.0. The molecule has 0 spiro atoms. The van der Waals surface area contributed by atoms with Gasteiger partial charge in [-0.05, 0) is 43.4 Å². The minimum atomic E-state index is -2.65. The van der Waals surface area contributed by atoms with E-state index in [4.69, 9.17) is 17.0 Å². The Balaban J connectivity index is 2.39. The van der Waals surface area contributed by atoms with E-state index in [9.17, 15) is 13.6 Å². The number of hydrogen-bond acceptors (Lipinski definition) is 5. The van der Waals surface area contributed by atoms with Gasteiger partial charge in [0.05, 0.1) is 23.6 Å². The second-order valence-electron chi connectivity index (χ2n) is 4.86. The Labute approximate surface area is 154 Å². The summed E-state index contributed by atoms with van der Waals surface area (Å²) < 4.78 is 29.5. The number of thiocarbonyl (C=S) groups is 1. The molecular weight excluding hydrogens is 360 g/mol. The van der Waals surface area contributed by atoms with Crippen LogP contribution in [0.3, 0.4) is 0 Å². The highest BCUT2D eigenvalue weighted by atomic mass is 32.2. The number of rotatable bonds is 6. The molecule has 1 unspecified atom stereocenters. The monoisotopic (exact) mass is 377 g/mol. The summed E-state index contributed by atoms with van der Waals surface area (Å²) in [7, 11) is 0. The molecule has 0 aromatic heterocycles. The van der Waals surface area contributed by atoms with Crippen LogP contribution in [0, 0.1) is 0 Å². The first kappa shape index (κ1) is 19.0. The number of carbonyl (C=O) groups is 1. The summed E-state index contributed by atoms with van der Waals surface area (Å²) in [6.45, 7) is 1.73. The van der Waals surface area contributed by atoms with Gasteiger partial charge in [0.15, 0.2) is 5.11 Å². The van der Waals surface area contributed by atoms with Gasteiger partial charge in [0.2, 0.25) is 0 Å². The zero-order chi connectivity index (χ0) is 18.2. The SMILES string of the molecule is CCOC(=O)CN(C(=S)N(c1ccccc1)S(=O)[O-])c1ccccc1. The van der Waals surface area contributed by atoms with Crippen molar-refractivity contribution >= 4 is 45.9 Å². The van der Waals surface area contributed by atoms with Crippen LogP contribution in [0.5, 0.6) is 0 Å². The van der Waals surface area contributed by atoms with Crippen molar-refractivity contribution < 1.29 is 18.3 Å². The van der Waals surface area contributed by atoms with Gasteiger partial charge in [-0.2, -0.15) is 0 Å². The Morgan fingerprint density at radius 1 is 1.08 bits per heavy atom. The van der Waals surface area contributed by atoms with Gasteiger partial charge in [-0.1, -0.05) is 36.4 Å². The predicted molar refractivity (Wildman–Crippen MR) is 101 cm³/mol. The maximum absolute atomic E-state index is 12.0. The van der Waals surface area contributed by atoms with E-state index in [2.05, 4.69) is 0 Å². The van der Waals surface area contributed by atoms with Crippen LogP contribution < -0.4 is 9.21 Å². The molecule has 0 heterocycles. The molecule has 0 aliphatic carbocycles. The largest absolute Gasteiger partial charge is 0.755 e. The lowest BCUT2D eigenvalue weighted by Crippen LogP contribution is -2.46. The van der Waals surface area contributed by atoms with Crippen LogP contribution in [-0.4, -0.2) is 33.0 Å². The first-order valence-electron chi connectivity index (χ1n) is 7.51. The van der Waals surface area contributed by atoms with E-state index in [0.29, 0.717) is 11.4 Å². The van der Waals surface area contributed by atoms with Gasteiger partial charge < -0.3 is 14.2 Å². The number of nitrogens with zero attached hydrogens (tertiary/aromatic N) is 2. The molecule has 25 heavy (non-hydrogen) atoms. The van der Waals surface area contributed by atoms with Gasteiger partial charge in [-0.3, -0.25) is 9.00 Å². The second kappa shape index (κ2) is 9.26. The lowest BCUT2D eigenvalue weighted by atomic mass is 10.3. The Morgan fingerprint density at radius 2 is 1.60 bits per heavy atom. The van der Waals surface area contributed by atoms with Crippen LogP contribution >= 0.6 is 12.2 Å². The van der Waals surface area contributed by atoms with E-state index < -0.39 is 17.2 Å². The molecule has 0 radical (unpaired) electrons. The quantitative estimate of drug-likeness (QED) is 0.438. The van der Waals surface area contributed by atoms with Crippen molar-refractivity contribution in [2.24, 2.45) is 0 Å². The topological polar surface area (TPSA) is 72.9 Å². The van der Waals surface area contributed by atoms with Crippen molar-refractivity contribution in [3.05, 3.63) is 60.7 Å². The number of hydrogen-bond donors (Lipinski definition) is 0. The maximum atomic E-state index is 12.0. The van der Waals surface area contributed by atoms with Crippen LogP contribution in [-0.2, 0) is 20.8 Å². The molecule has 0 N–H and O–H groups in total. The van der Waals surface area contributed by atoms with Crippen molar-refractivity contribution in [2.45, 2.75) is 6.92 Å². The molecule has 1 atom stereocenters.